The van der Waals surface area contributed by atoms with E-state index in [0.717, 1.165) is 22.7 Å². The fourth-order valence-corrected chi connectivity index (χ4v) is 4.67. The van der Waals surface area contributed by atoms with E-state index in [2.05, 4.69) is 44.9 Å². The maximum absolute atomic E-state index is 13.0. The van der Waals surface area contributed by atoms with E-state index >= 15 is 0 Å². The van der Waals surface area contributed by atoms with Crippen LogP contribution in [0.1, 0.15) is 23.0 Å². The number of methoxy groups -OCH3 is 1. The van der Waals surface area contributed by atoms with Crippen molar-refractivity contribution in [2.45, 2.75) is 19.5 Å². The third-order valence-electron chi connectivity index (χ3n) is 6.61. The number of amides is 2. The standard InChI is InChI=1S/C28H30N6O3/c1-20-8-6-11-22(18-20)34-24(30-23-12-7-13-29-26(23)34)19-32-14-16-33(17-15-32)28(36)31-25(27(35)37-2)21-9-4-3-5-10-21/h3-13,18,25H,14-17,19H2,1-2H3,(H,31,36). The lowest BCUT2D eigenvalue weighted by Gasteiger charge is -2.35. The van der Waals surface area contributed by atoms with Crippen molar-refractivity contribution in [1.29, 1.82) is 0 Å². The first kappa shape index (κ1) is 24.5. The number of piperazine rings is 1. The van der Waals surface area contributed by atoms with Gasteiger partial charge in [-0.25, -0.2) is 19.6 Å². The number of aryl methyl sites for hydroxylation is 1. The fraction of sp³-hybridized carbons (Fsp3) is 0.286. The molecule has 0 bridgehead atoms. The number of fused-ring (bicyclic) bond motifs is 1. The number of pyridine rings is 1. The van der Waals surface area contributed by atoms with Gasteiger partial charge in [-0.05, 0) is 42.3 Å². The molecule has 3 heterocycles. The minimum absolute atomic E-state index is 0.282. The van der Waals surface area contributed by atoms with Gasteiger partial charge in [-0.1, -0.05) is 42.5 Å². The zero-order valence-corrected chi connectivity index (χ0v) is 21.0. The normalized spacial score (nSPS) is 14.9. The number of benzene rings is 2. The van der Waals surface area contributed by atoms with Gasteiger partial charge in [0.1, 0.15) is 11.3 Å². The molecule has 1 N–H and O–H groups in total. The Morgan fingerprint density at radius 2 is 1.78 bits per heavy atom. The molecule has 9 heteroatoms. The summed E-state index contributed by atoms with van der Waals surface area (Å²) in [5.74, 6) is 0.411. The summed E-state index contributed by atoms with van der Waals surface area (Å²) in [7, 11) is 1.32. The summed E-state index contributed by atoms with van der Waals surface area (Å²) in [6.07, 6.45) is 1.79. The first-order valence-corrected chi connectivity index (χ1v) is 12.3. The lowest BCUT2D eigenvalue weighted by atomic mass is 10.1. The molecule has 0 spiro atoms. The molecule has 4 aromatic rings. The van der Waals surface area contributed by atoms with E-state index < -0.39 is 12.0 Å². The number of hydrogen-bond donors (Lipinski definition) is 1. The Kier molecular flexibility index (Phi) is 7.14. The molecule has 1 aliphatic heterocycles. The van der Waals surface area contributed by atoms with Crippen molar-refractivity contribution in [3.63, 3.8) is 0 Å². The topological polar surface area (TPSA) is 92.6 Å². The highest BCUT2D eigenvalue weighted by Gasteiger charge is 2.28. The predicted octanol–water partition coefficient (Wildman–Crippen LogP) is 3.47. The Bertz CT molecular complexity index is 1400. The van der Waals surface area contributed by atoms with E-state index in [4.69, 9.17) is 9.72 Å². The number of carbonyl (C=O) groups is 2. The third kappa shape index (κ3) is 5.31. The number of rotatable bonds is 6. The molecule has 1 aliphatic rings. The van der Waals surface area contributed by atoms with Gasteiger partial charge in [0.2, 0.25) is 0 Å². The molecular formula is C28H30N6O3. The minimum atomic E-state index is -0.849. The number of imidazole rings is 1. The first-order chi connectivity index (χ1) is 18.0. The fourth-order valence-electron chi connectivity index (χ4n) is 4.67. The van der Waals surface area contributed by atoms with Crippen LogP contribution in [0.25, 0.3) is 16.9 Å². The lowest BCUT2D eigenvalue weighted by Crippen LogP contribution is -2.52. The number of ether oxygens (including phenoxy) is 1. The van der Waals surface area contributed by atoms with Crippen molar-refractivity contribution in [2.24, 2.45) is 0 Å². The van der Waals surface area contributed by atoms with Gasteiger partial charge >= 0.3 is 12.0 Å². The van der Waals surface area contributed by atoms with Crippen molar-refractivity contribution in [1.82, 2.24) is 29.7 Å². The molecular weight excluding hydrogens is 468 g/mol. The quantitative estimate of drug-likeness (QED) is 0.409. The first-order valence-electron chi connectivity index (χ1n) is 12.3. The third-order valence-corrected chi connectivity index (χ3v) is 6.61. The van der Waals surface area contributed by atoms with Gasteiger partial charge in [0.25, 0.3) is 0 Å². The van der Waals surface area contributed by atoms with Crippen LogP contribution >= 0.6 is 0 Å². The van der Waals surface area contributed by atoms with Gasteiger partial charge in [0, 0.05) is 38.1 Å². The highest BCUT2D eigenvalue weighted by molar-refractivity contribution is 5.84. The second-order valence-electron chi connectivity index (χ2n) is 9.13. The van der Waals surface area contributed by atoms with Crippen molar-refractivity contribution >= 4 is 23.2 Å². The summed E-state index contributed by atoms with van der Waals surface area (Å²) >= 11 is 0. The van der Waals surface area contributed by atoms with Crippen molar-refractivity contribution in [3.8, 4) is 5.69 Å². The Labute approximate surface area is 215 Å². The lowest BCUT2D eigenvalue weighted by molar-refractivity contribution is -0.143. The summed E-state index contributed by atoms with van der Waals surface area (Å²) in [6.45, 7) is 5.16. The number of carbonyl (C=O) groups excluding carboxylic acids is 2. The van der Waals surface area contributed by atoms with E-state index in [1.807, 2.05) is 36.4 Å². The summed E-state index contributed by atoms with van der Waals surface area (Å²) in [5.41, 5.74) is 4.57. The van der Waals surface area contributed by atoms with E-state index in [0.29, 0.717) is 38.3 Å². The van der Waals surface area contributed by atoms with Crippen LogP contribution in [0.2, 0.25) is 0 Å². The van der Waals surface area contributed by atoms with Crippen LogP contribution < -0.4 is 5.32 Å². The van der Waals surface area contributed by atoms with Gasteiger partial charge in [-0.2, -0.15) is 0 Å². The van der Waals surface area contributed by atoms with Crippen molar-refractivity contribution in [2.75, 3.05) is 33.3 Å². The zero-order chi connectivity index (χ0) is 25.8. The molecule has 1 atom stereocenters. The van der Waals surface area contributed by atoms with Gasteiger partial charge in [0.05, 0.1) is 13.7 Å². The van der Waals surface area contributed by atoms with Crippen LogP contribution in [-0.2, 0) is 16.1 Å². The molecule has 190 valence electrons. The van der Waals surface area contributed by atoms with Crippen molar-refractivity contribution in [3.05, 3.63) is 89.9 Å². The number of esters is 1. The Balaban J connectivity index is 1.27. The van der Waals surface area contributed by atoms with Crippen LogP contribution in [0.5, 0.6) is 0 Å². The van der Waals surface area contributed by atoms with Crippen LogP contribution in [0, 0.1) is 6.92 Å². The van der Waals surface area contributed by atoms with Crippen LogP contribution in [-0.4, -0.2) is 69.6 Å². The van der Waals surface area contributed by atoms with Crippen LogP contribution in [0.4, 0.5) is 4.79 Å². The molecule has 37 heavy (non-hydrogen) atoms. The maximum Gasteiger partial charge on any atom is 0.333 e. The molecule has 2 aromatic heterocycles. The summed E-state index contributed by atoms with van der Waals surface area (Å²) in [6, 6.07) is 20.2. The highest BCUT2D eigenvalue weighted by Crippen LogP contribution is 2.22. The Hall–Kier alpha value is -4.24. The predicted molar refractivity (Wildman–Crippen MR) is 140 cm³/mol. The molecule has 9 nitrogen and oxygen atoms in total. The summed E-state index contributed by atoms with van der Waals surface area (Å²) < 4.78 is 7.04. The van der Waals surface area contributed by atoms with Crippen LogP contribution in [0.15, 0.2) is 72.9 Å². The van der Waals surface area contributed by atoms with E-state index in [-0.39, 0.29) is 6.03 Å². The molecule has 0 radical (unpaired) electrons. The highest BCUT2D eigenvalue weighted by atomic mass is 16.5. The zero-order valence-electron chi connectivity index (χ0n) is 21.0. The van der Waals surface area contributed by atoms with Gasteiger partial charge in [-0.3, -0.25) is 9.47 Å². The number of nitrogens with one attached hydrogen (secondary N) is 1. The van der Waals surface area contributed by atoms with Gasteiger partial charge in [0.15, 0.2) is 11.7 Å². The molecule has 0 aliphatic carbocycles. The number of urea groups is 1. The molecule has 2 aromatic carbocycles. The van der Waals surface area contributed by atoms with E-state index in [1.54, 1.807) is 23.2 Å². The number of nitrogens with zero attached hydrogens (tertiary/aromatic N) is 5. The molecule has 0 saturated carbocycles. The Morgan fingerprint density at radius 1 is 1.00 bits per heavy atom. The largest absolute Gasteiger partial charge is 0.467 e. The summed E-state index contributed by atoms with van der Waals surface area (Å²) in [4.78, 5) is 38.9. The SMILES string of the molecule is COC(=O)C(NC(=O)N1CCN(Cc2nc3cccnc3n2-c2cccc(C)c2)CC1)c1ccccc1. The Morgan fingerprint density at radius 3 is 2.51 bits per heavy atom. The van der Waals surface area contributed by atoms with Crippen molar-refractivity contribution < 1.29 is 14.3 Å². The molecule has 1 saturated heterocycles. The molecule has 2 amide bonds. The molecule has 1 unspecified atom stereocenters. The van der Waals surface area contributed by atoms with Gasteiger partial charge < -0.3 is 15.0 Å². The van der Waals surface area contributed by atoms with Gasteiger partial charge in [-0.15, -0.1) is 0 Å². The van der Waals surface area contributed by atoms with E-state index in [1.165, 1.54) is 12.7 Å². The second-order valence-corrected chi connectivity index (χ2v) is 9.13. The minimum Gasteiger partial charge on any atom is -0.467 e. The molecule has 1 fully saturated rings. The smallest absolute Gasteiger partial charge is 0.333 e. The second kappa shape index (κ2) is 10.8. The summed E-state index contributed by atoms with van der Waals surface area (Å²) in [5, 5.41) is 2.84. The number of hydrogen-bond acceptors (Lipinski definition) is 6. The number of aromatic nitrogens is 3. The molecule has 5 rings (SSSR count). The monoisotopic (exact) mass is 498 g/mol. The van der Waals surface area contributed by atoms with E-state index in [9.17, 15) is 9.59 Å². The average Bonchev–Trinajstić information content (AvgIpc) is 3.29. The average molecular weight is 499 g/mol. The maximum atomic E-state index is 13.0. The van der Waals surface area contributed by atoms with Crippen LogP contribution in [0.3, 0.4) is 0 Å².